The molecule has 0 aromatic carbocycles. The van der Waals surface area contributed by atoms with Crippen LogP contribution in [0.3, 0.4) is 0 Å². The Morgan fingerprint density at radius 1 is 0.750 bits per heavy atom. The quantitative estimate of drug-likeness (QED) is 0.330. The third-order valence-corrected chi connectivity index (χ3v) is 5.80. The molecule has 24 heavy (non-hydrogen) atoms. The highest BCUT2D eigenvalue weighted by molar-refractivity contribution is 5.16. The van der Waals surface area contributed by atoms with Crippen LogP contribution in [0, 0.1) is 23.7 Å². The van der Waals surface area contributed by atoms with E-state index in [2.05, 4.69) is 67.5 Å². The van der Waals surface area contributed by atoms with Gasteiger partial charge in [0.1, 0.15) is 0 Å². The predicted octanol–water partition coefficient (Wildman–Crippen LogP) is 8.83. The van der Waals surface area contributed by atoms with Crippen LogP contribution in [0.4, 0.5) is 0 Å². The van der Waals surface area contributed by atoms with Crippen molar-refractivity contribution in [2.45, 2.75) is 108 Å². The Bertz CT molecular complexity index is 334. The average Bonchev–Trinajstić information content (AvgIpc) is 2.62. The lowest BCUT2D eigenvalue weighted by atomic mass is 9.83. The lowest BCUT2D eigenvalue weighted by Gasteiger charge is -2.23. The van der Waals surface area contributed by atoms with Gasteiger partial charge in [0.15, 0.2) is 0 Å². The molecule has 0 nitrogen and oxygen atoms in total. The lowest BCUT2D eigenvalue weighted by molar-refractivity contribution is 0.300. The van der Waals surface area contributed by atoms with Crippen molar-refractivity contribution in [3.63, 3.8) is 0 Å². The molecule has 144 valence electrons. The van der Waals surface area contributed by atoms with Crippen molar-refractivity contribution in [2.75, 3.05) is 0 Å². The highest BCUT2D eigenvalue weighted by atomic mass is 14.2. The first-order valence-electron chi connectivity index (χ1n) is 10.7. The summed E-state index contributed by atoms with van der Waals surface area (Å²) >= 11 is 0. The molecule has 0 aliphatic carbocycles. The van der Waals surface area contributed by atoms with Gasteiger partial charge in [-0.15, -0.1) is 0 Å². The van der Waals surface area contributed by atoms with Gasteiger partial charge < -0.3 is 0 Å². The second kappa shape index (κ2) is 16.0. The van der Waals surface area contributed by atoms with Gasteiger partial charge in [0.05, 0.1) is 0 Å². The van der Waals surface area contributed by atoms with E-state index in [0.717, 1.165) is 24.2 Å². The van der Waals surface area contributed by atoms with Crippen molar-refractivity contribution >= 4 is 0 Å². The maximum Gasteiger partial charge on any atom is -0.0231 e. The van der Waals surface area contributed by atoms with Gasteiger partial charge in [-0.3, -0.25) is 0 Å². The van der Waals surface area contributed by atoms with E-state index >= 15 is 0 Å². The van der Waals surface area contributed by atoms with Crippen molar-refractivity contribution in [2.24, 2.45) is 23.7 Å². The molecular weight excluding hydrogens is 288 g/mol. The highest BCUT2D eigenvalue weighted by Gasteiger charge is 2.15. The van der Waals surface area contributed by atoms with E-state index < -0.39 is 0 Å². The van der Waals surface area contributed by atoms with E-state index in [1.54, 1.807) is 0 Å². The summed E-state index contributed by atoms with van der Waals surface area (Å²) in [5.74, 6) is 3.33. The average molecular weight is 337 g/mol. The third kappa shape index (κ3) is 12.8. The molecule has 0 spiro atoms. The number of hydrogen-bond donors (Lipinski definition) is 0. The summed E-state index contributed by atoms with van der Waals surface area (Å²) in [6, 6.07) is 0. The minimum Gasteiger partial charge on any atom is -0.0736 e. The standard InChI is InChI=1S/C22H42.C2H6/c1-9-17(3)11-13-19(5)21(7)15-16-22(8)20(6)14-12-18(4)10-2;1-2/h11,13,18,20-22H,9-10,12,14-16H2,1-8H3;1-2H3/b17-11+,19-13+;. The Balaban J connectivity index is 0. The zero-order chi connectivity index (χ0) is 19.1. The van der Waals surface area contributed by atoms with Crippen LogP contribution in [0.25, 0.3) is 0 Å². The second-order valence-corrected chi connectivity index (χ2v) is 7.80. The van der Waals surface area contributed by atoms with Gasteiger partial charge in [-0.25, -0.2) is 0 Å². The molecule has 0 radical (unpaired) electrons. The molecule has 0 heteroatoms. The van der Waals surface area contributed by atoms with E-state index in [1.165, 1.54) is 43.3 Å². The fraction of sp³-hybridized carbons (Fsp3) is 0.833. The number of hydrogen-bond acceptors (Lipinski definition) is 0. The second-order valence-electron chi connectivity index (χ2n) is 7.80. The molecule has 4 unspecified atom stereocenters. The monoisotopic (exact) mass is 336 g/mol. The molecule has 0 aromatic heterocycles. The maximum absolute atomic E-state index is 2.45. The molecular formula is C24H48. The van der Waals surface area contributed by atoms with E-state index in [0.29, 0.717) is 5.92 Å². The molecule has 0 rings (SSSR count). The minimum atomic E-state index is 0.713. The number of rotatable bonds is 11. The van der Waals surface area contributed by atoms with Crippen molar-refractivity contribution < 1.29 is 0 Å². The van der Waals surface area contributed by atoms with Crippen LogP contribution in [0.5, 0.6) is 0 Å². The van der Waals surface area contributed by atoms with Crippen molar-refractivity contribution in [1.29, 1.82) is 0 Å². The largest absolute Gasteiger partial charge is 0.0736 e. The fourth-order valence-electron chi connectivity index (χ4n) is 2.62. The Kier molecular flexibility index (Phi) is 17.1. The fourth-order valence-corrected chi connectivity index (χ4v) is 2.62. The molecule has 0 aliphatic rings. The van der Waals surface area contributed by atoms with Crippen LogP contribution in [0.1, 0.15) is 108 Å². The molecule has 0 aliphatic heterocycles. The molecule has 0 aromatic rings. The Labute approximate surface area is 155 Å². The Morgan fingerprint density at radius 2 is 1.25 bits per heavy atom. The van der Waals surface area contributed by atoms with Gasteiger partial charge in [0.25, 0.3) is 0 Å². The van der Waals surface area contributed by atoms with Crippen LogP contribution in [0.2, 0.25) is 0 Å². The van der Waals surface area contributed by atoms with E-state index in [4.69, 9.17) is 0 Å². The summed E-state index contributed by atoms with van der Waals surface area (Å²) in [5, 5.41) is 0. The lowest BCUT2D eigenvalue weighted by Crippen LogP contribution is -2.11. The van der Waals surface area contributed by atoms with Gasteiger partial charge in [-0.1, -0.05) is 98.0 Å². The SMILES string of the molecule is CC.CC/C(C)=C/C=C(\C)C(C)CCC(C)C(C)CCC(C)CC. The van der Waals surface area contributed by atoms with E-state index in [1.807, 2.05) is 13.8 Å². The van der Waals surface area contributed by atoms with E-state index in [9.17, 15) is 0 Å². The van der Waals surface area contributed by atoms with Gasteiger partial charge in [-0.05, 0) is 56.8 Å². The van der Waals surface area contributed by atoms with Gasteiger partial charge in [0.2, 0.25) is 0 Å². The molecule has 0 amide bonds. The van der Waals surface area contributed by atoms with Crippen LogP contribution in [-0.2, 0) is 0 Å². The molecule has 0 saturated carbocycles. The minimum absolute atomic E-state index is 0.713. The molecule has 0 heterocycles. The van der Waals surface area contributed by atoms with Crippen LogP contribution < -0.4 is 0 Å². The van der Waals surface area contributed by atoms with Crippen molar-refractivity contribution in [1.82, 2.24) is 0 Å². The topological polar surface area (TPSA) is 0 Å². The summed E-state index contributed by atoms with van der Waals surface area (Å²) in [5.41, 5.74) is 3.01. The van der Waals surface area contributed by atoms with Crippen molar-refractivity contribution in [3.05, 3.63) is 23.3 Å². The molecule has 0 saturated heterocycles. The van der Waals surface area contributed by atoms with Crippen LogP contribution in [-0.4, -0.2) is 0 Å². The summed E-state index contributed by atoms with van der Waals surface area (Å²) < 4.78 is 0. The first-order valence-corrected chi connectivity index (χ1v) is 10.7. The number of allylic oxidation sites excluding steroid dienone is 4. The zero-order valence-electron chi connectivity index (χ0n) is 18.7. The molecule has 0 fully saturated rings. The summed E-state index contributed by atoms with van der Waals surface area (Å²) in [6.45, 7) is 22.7. The van der Waals surface area contributed by atoms with Crippen LogP contribution >= 0.6 is 0 Å². The Hall–Kier alpha value is -0.520. The summed E-state index contributed by atoms with van der Waals surface area (Å²) in [7, 11) is 0. The Morgan fingerprint density at radius 3 is 1.71 bits per heavy atom. The van der Waals surface area contributed by atoms with Gasteiger partial charge >= 0.3 is 0 Å². The first-order chi connectivity index (χ1) is 11.3. The summed E-state index contributed by atoms with van der Waals surface area (Å²) in [4.78, 5) is 0. The van der Waals surface area contributed by atoms with E-state index in [-0.39, 0.29) is 0 Å². The molecule has 0 N–H and O–H groups in total. The first kappa shape index (κ1) is 25.7. The molecule has 0 bridgehead atoms. The van der Waals surface area contributed by atoms with Crippen LogP contribution in [0.15, 0.2) is 23.3 Å². The zero-order valence-corrected chi connectivity index (χ0v) is 18.7. The van der Waals surface area contributed by atoms with Gasteiger partial charge in [-0.2, -0.15) is 0 Å². The highest BCUT2D eigenvalue weighted by Crippen LogP contribution is 2.27. The maximum atomic E-state index is 2.45. The smallest absolute Gasteiger partial charge is 0.0231 e. The van der Waals surface area contributed by atoms with Gasteiger partial charge in [0, 0.05) is 0 Å². The van der Waals surface area contributed by atoms with Crippen molar-refractivity contribution in [3.8, 4) is 0 Å². The normalized spacial score (nSPS) is 17.6. The molecule has 4 atom stereocenters. The predicted molar refractivity (Wildman–Crippen MR) is 115 cm³/mol. The summed E-state index contributed by atoms with van der Waals surface area (Å²) in [6.07, 6.45) is 12.6. The third-order valence-electron chi connectivity index (χ3n) is 5.80.